The van der Waals surface area contributed by atoms with Gasteiger partial charge in [0.2, 0.25) is 0 Å². The Balaban J connectivity index is 1.66. The summed E-state index contributed by atoms with van der Waals surface area (Å²) < 4.78 is 5.37. The van der Waals surface area contributed by atoms with Crippen LogP contribution < -0.4 is 16.6 Å². The van der Waals surface area contributed by atoms with E-state index in [2.05, 4.69) is 15.6 Å². The summed E-state index contributed by atoms with van der Waals surface area (Å²) in [5.74, 6) is 5.38. The van der Waals surface area contributed by atoms with Crippen LogP contribution in [0.1, 0.15) is 16.1 Å². The number of nitrogens with one attached hydrogen (secondary N) is 2. The molecule has 0 bridgehead atoms. The molecule has 2 fully saturated rings. The normalized spacial score (nSPS) is 22.6. The highest BCUT2D eigenvalue weighted by molar-refractivity contribution is 5.94. The third-order valence-electron chi connectivity index (χ3n) is 3.80. The fourth-order valence-electron chi connectivity index (χ4n) is 2.76. The fraction of sp³-hybridized carbons (Fsp3) is 0.500. The van der Waals surface area contributed by atoms with Gasteiger partial charge in [0.25, 0.3) is 5.91 Å². The quantitative estimate of drug-likeness (QED) is 0.377. The summed E-state index contributed by atoms with van der Waals surface area (Å²) in [6.45, 7) is 3.42. The number of hydrazine groups is 1. The van der Waals surface area contributed by atoms with Gasteiger partial charge >= 0.3 is 6.03 Å². The van der Waals surface area contributed by atoms with E-state index in [1.807, 2.05) is 4.90 Å². The summed E-state index contributed by atoms with van der Waals surface area (Å²) in [5, 5.41) is 2.84. The molecule has 0 spiro atoms. The number of amides is 3. The molecule has 2 aliphatic heterocycles. The van der Waals surface area contributed by atoms with E-state index < -0.39 is 0 Å². The van der Waals surface area contributed by atoms with Crippen LogP contribution in [-0.2, 0) is 6.54 Å². The maximum atomic E-state index is 11.6. The molecule has 1 aromatic rings. The van der Waals surface area contributed by atoms with Crippen molar-refractivity contribution in [2.45, 2.75) is 12.6 Å². The number of fused-ring (bicyclic) bond motifs is 1. The molecule has 3 rings (SSSR count). The van der Waals surface area contributed by atoms with Crippen molar-refractivity contribution in [1.82, 2.24) is 20.5 Å². The Morgan fingerprint density at radius 1 is 1.55 bits per heavy atom. The second-order valence-electron chi connectivity index (χ2n) is 5.00. The van der Waals surface area contributed by atoms with Crippen LogP contribution in [0, 0.1) is 0 Å². The van der Waals surface area contributed by atoms with Gasteiger partial charge in [0.05, 0.1) is 24.4 Å². The number of carbonyl (C=O) groups is 2. The molecule has 2 saturated heterocycles. The molecule has 1 aromatic heterocycles. The molecule has 3 heterocycles. The summed E-state index contributed by atoms with van der Waals surface area (Å²) >= 11 is 0. The number of piperazine rings is 1. The number of nitrogens with zero attached hydrogens (tertiary/aromatic N) is 2. The first kappa shape index (κ1) is 12.9. The molecule has 1 atom stereocenters. The first-order valence-electron chi connectivity index (χ1n) is 6.53. The Bertz CT molecular complexity index is 529. The molecule has 0 saturated carbocycles. The van der Waals surface area contributed by atoms with Gasteiger partial charge in [0, 0.05) is 26.2 Å². The summed E-state index contributed by atoms with van der Waals surface area (Å²) in [5.41, 5.74) is 2.56. The van der Waals surface area contributed by atoms with Crippen LogP contribution in [-0.4, -0.2) is 54.0 Å². The molecule has 1 unspecified atom stereocenters. The standard InChI is InChI=1S/C12H17N5O3/c13-15-11(18)9-1-4-20-10(9)7-16-2-3-17-8(6-16)5-14-12(17)19/h1,4,8H,2-3,5-7,13H2,(H,14,19)(H,15,18). The van der Waals surface area contributed by atoms with Crippen molar-refractivity contribution < 1.29 is 14.0 Å². The van der Waals surface area contributed by atoms with Crippen LogP contribution in [0.2, 0.25) is 0 Å². The van der Waals surface area contributed by atoms with Crippen LogP contribution in [0.3, 0.4) is 0 Å². The van der Waals surface area contributed by atoms with Gasteiger partial charge in [-0.05, 0) is 6.07 Å². The predicted octanol–water partition coefficient (Wildman–Crippen LogP) is -0.907. The van der Waals surface area contributed by atoms with E-state index >= 15 is 0 Å². The van der Waals surface area contributed by atoms with Crippen LogP contribution in [0.4, 0.5) is 4.79 Å². The monoisotopic (exact) mass is 279 g/mol. The molecule has 0 radical (unpaired) electrons. The average Bonchev–Trinajstić information content (AvgIpc) is 3.05. The Kier molecular flexibility index (Phi) is 3.33. The largest absolute Gasteiger partial charge is 0.467 e. The number of nitrogen functional groups attached to an aromatic ring is 1. The Labute approximate surface area is 115 Å². The van der Waals surface area contributed by atoms with Crippen molar-refractivity contribution in [2.24, 2.45) is 5.84 Å². The number of rotatable bonds is 3. The third-order valence-corrected chi connectivity index (χ3v) is 3.80. The highest BCUT2D eigenvalue weighted by Crippen LogP contribution is 2.18. The minimum atomic E-state index is -0.356. The molecule has 20 heavy (non-hydrogen) atoms. The molecular formula is C12H17N5O3. The van der Waals surface area contributed by atoms with Crippen molar-refractivity contribution in [2.75, 3.05) is 26.2 Å². The van der Waals surface area contributed by atoms with E-state index in [1.165, 1.54) is 6.26 Å². The highest BCUT2D eigenvalue weighted by atomic mass is 16.3. The summed E-state index contributed by atoms with van der Waals surface area (Å²) in [6.07, 6.45) is 1.48. The van der Waals surface area contributed by atoms with E-state index in [0.29, 0.717) is 31.0 Å². The minimum absolute atomic E-state index is 0.0100. The zero-order chi connectivity index (χ0) is 14.1. The maximum Gasteiger partial charge on any atom is 0.317 e. The van der Waals surface area contributed by atoms with E-state index in [-0.39, 0.29) is 18.0 Å². The van der Waals surface area contributed by atoms with Crippen molar-refractivity contribution in [3.05, 3.63) is 23.7 Å². The molecule has 0 aromatic carbocycles. The van der Waals surface area contributed by atoms with Crippen LogP contribution in [0.5, 0.6) is 0 Å². The average molecular weight is 279 g/mol. The number of hydrogen-bond donors (Lipinski definition) is 3. The fourth-order valence-corrected chi connectivity index (χ4v) is 2.76. The second kappa shape index (κ2) is 5.14. The second-order valence-corrected chi connectivity index (χ2v) is 5.00. The zero-order valence-corrected chi connectivity index (χ0v) is 11.0. The first-order valence-corrected chi connectivity index (χ1v) is 6.53. The van der Waals surface area contributed by atoms with Gasteiger partial charge in [0.15, 0.2) is 0 Å². The predicted molar refractivity (Wildman–Crippen MR) is 69.5 cm³/mol. The number of furan rings is 1. The Morgan fingerprint density at radius 2 is 2.40 bits per heavy atom. The van der Waals surface area contributed by atoms with E-state index in [1.54, 1.807) is 6.07 Å². The molecule has 108 valence electrons. The number of nitrogens with two attached hydrogens (primary N) is 1. The van der Waals surface area contributed by atoms with Gasteiger partial charge in [-0.1, -0.05) is 0 Å². The van der Waals surface area contributed by atoms with Crippen molar-refractivity contribution >= 4 is 11.9 Å². The molecule has 8 nitrogen and oxygen atoms in total. The van der Waals surface area contributed by atoms with Crippen LogP contribution in [0.25, 0.3) is 0 Å². The van der Waals surface area contributed by atoms with Crippen LogP contribution >= 0.6 is 0 Å². The van der Waals surface area contributed by atoms with Gasteiger partial charge in [-0.3, -0.25) is 15.1 Å². The highest BCUT2D eigenvalue weighted by Gasteiger charge is 2.35. The lowest BCUT2D eigenvalue weighted by atomic mass is 10.1. The summed E-state index contributed by atoms with van der Waals surface area (Å²) in [7, 11) is 0. The van der Waals surface area contributed by atoms with E-state index in [9.17, 15) is 9.59 Å². The first-order chi connectivity index (χ1) is 9.69. The summed E-state index contributed by atoms with van der Waals surface area (Å²) in [6, 6.07) is 1.81. The minimum Gasteiger partial charge on any atom is -0.467 e. The lowest BCUT2D eigenvalue weighted by Gasteiger charge is -2.36. The molecule has 3 amide bonds. The van der Waals surface area contributed by atoms with Crippen molar-refractivity contribution in [3.8, 4) is 0 Å². The number of urea groups is 1. The Morgan fingerprint density at radius 3 is 3.20 bits per heavy atom. The topological polar surface area (TPSA) is 104 Å². The van der Waals surface area contributed by atoms with Gasteiger partial charge in [0.1, 0.15) is 5.76 Å². The summed E-state index contributed by atoms with van der Waals surface area (Å²) in [4.78, 5) is 27.1. The maximum absolute atomic E-state index is 11.6. The smallest absolute Gasteiger partial charge is 0.317 e. The van der Waals surface area contributed by atoms with Crippen molar-refractivity contribution in [1.29, 1.82) is 0 Å². The zero-order valence-electron chi connectivity index (χ0n) is 11.0. The van der Waals surface area contributed by atoms with Gasteiger partial charge in [-0.25, -0.2) is 10.6 Å². The number of carbonyl (C=O) groups excluding carboxylic acids is 2. The van der Waals surface area contributed by atoms with Gasteiger partial charge in [-0.15, -0.1) is 0 Å². The van der Waals surface area contributed by atoms with E-state index in [0.717, 1.165) is 13.1 Å². The Hall–Kier alpha value is -2.06. The van der Waals surface area contributed by atoms with Crippen LogP contribution in [0.15, 0.2) is 16.7 Å². The van der Waals surface area contributed by atoms with E-state index in [4.69, 9.17) is 10.3 Å². The SMILES string of the molecule is NNC(=O)c1ccoc1CN1CCN2C(=O)NCC2C1. The number of hydrogen-bond acceptors (Lipinski definition) is 5. The van der Waals surface area contributed by atoms with Crippen molar-refractivity contribution in [3.63, 3.8) is 0 Å². The molecule has 4 N–H and O–H groups in total. The third kappa shape index (κ3) is 2.23. The lowest BCUT2D eigenvalue weighted by Crippen LogP contribution is -2.51. The van der Waals surface area contributed by atoms with Gasteiger partial charge in [-0.2, -0.15) is 0 Å². The molecule has 0 aliphatic carbocycles. The lowest BCUT2D eigenvalue weighted by molar-refractivity contribution is 0.0942. The molecule has 8 heteroatoms. The van der Waals surface area contributed by atoms with Gasteiger partial charge < -0.3 is 14.6 Å². The molecular weight excluding hydrogens is 262 g/mol. The molecule has 2 aliphatic rings.